The highest BCUT2D eigenvalue weighted by molar-refractivity contribution is 7.47. The average molecular weight is 433 g/mol. The van der Waals surface area contributed by atoms with Crippen LogP contribution in [0.15, 0.2) is 12.7 Å². The zero-order chi connectivity index (χ0) is 21.4. The molecule has 164 valence electrons. The van der Waals surface area contributed by atoms with E-state index in [1.54, 1.807) is 24.9 Å². The average Bonchev–Trinajstić information content (AvgIpc) is 3.14. The second-order valence-corrected chi connectivity index (χ2v) is 7.64. The second kappa shape index (κ2) is 10.9. The second-order valence-electron chi connectivity index (χ2n) is 6.13. The predicted octanol–water partition coefficient (Wildman–Crippen LogP) is 1.52. The minimum absolute atomic E-state index is 0.0162. The number of hydrogen-bond acceptors (Lipinski definition) is 10. The van der Waals surface area contributed by atoms with E-state index in [9.17, 15) is 9.46 Å². The van der Waals surface area contributed by atoms with Gasteiger partial charge in [-0.1, -0.05) is 6.92 Å². The largest absolute Gasteiger partial charge is 0.472 e. The van der Waals surface area contributed by atoms with Crippen LogP contribution in [0, 0.1) is 0 Å². The van der Waals surface area contributed by atoms with Crippen molar-refractivity contribution >= 4 is 24.8 Å². The number of ether oxygens (including phenoxy) is 3. The summed E-state index contributed by atoms with van der Waals surface area (Å²) >= 11 is 0. The van der Waals surface area contributed by atoms with Gasteiger partial charge in [-0.3, -0.25) is 13.6 Å². The molecule has 0 bridgehead atoms. The Morgan fingerprint density at radius 1 is 1.24 bits per heavy atom. The first-order chi connectivity index (χ1) is 13.8. The van der Waals surface area contributed by atoms with Crippen molar-refractivity contribution < 1.29 is 32.7 Å². The number of imidazole rings is 1. The Balaban J connectivity index is 2.16. The normalized spacial score (nSPS) is 17.1. The molecule has 0 aromatic carbocycles. The number of hydrogen-bond donors (Lipinski definition) is 2. The molecule has 13 heteroatoms. The molecular formula is C16H28N5O7P. The Hall–Kier alpha value is -1.66. The van der Waals surface area contributed by atoms with Crippen molar-refractivity contribution in [1.82, 2.24) is 19.5 Å². The van der Waals surface area contributed by atoms with Gasteiger partial charge in [0.15, 0.2) is 11.5 Å². The van der Waals surface area contributed by atoms with Gasteiger partial charge in [0.2, 0.25) is 0 Å². The Labute approximate surface area is 168 Å². The number of nitrogens with zero attached hydrogens (tertiary/aromatic N) is 4. The van der Waals surface area contributed by atoms with Crippen LogP contribution in [0.2, 0.25) is 0 Å². The van der Waals surface area contributed by atoms with E-state index in [-0.39, 0.29) is 12.4 Å². The monoisotopic (exact) mass is 433 g/mol. The van der Waals surface area contributed by atoms with Gasteiger partial charge in [0.1, 0.15) is 24.2 Å². The van der Waals surface area contributed by atoms with Crippen LogP contribution in [0.25, 0.3) is 11.2 Å². The smallest absolute Gasteiger partial charge is 0.382 e. The van der Waals surface area contributed by atoms with Gasteiger partial charge in [0.25, 0.3) is 0 Å². The van der Waals surface area contributed by atoms with E-state index in [1.807, 2.05) is 6.92 Å². The fourth-order valence-electron chi connectivity index (χ4n) is 2.66. The van der Waals surface area contributed by atoms with E-state index >= 15 is 0 Å². The van der Waals surface area contributed by atoms with Gasteiger partial charge in [0.05, 0.1) is 32.3 Å². The quantitative estimate of drug-likeness (QED) is 0.349. The third-order valence-corrected chi connectivity index (χ3v) is 5.18. The number of anilines is 1. The standard InChI is InChI=1S/C16H28N5O7P/c1-5-12(13(8-26-7-6-24-3)28-29(22,23)25-4)27-11(2)21-10-20-14-15(17)18-9-19-16(14)21/h9-13H,5-8H2,1-4H3,(H,22,23)(H2,17,18,19)/t11?,12-,13?/m0/s1. The maximum absolute atomic E-state index is 12.0. The first-order valence-corrected chi connectivity index (χ1v) is 10.5. The van der Waals surface area contributed by atoms with Gasteiger partial charge < -0.3 is 24.8 Å². The highest BCUT2D eigenvalue weighted by Gasteiger charge is 2.32. The van der Waals surface area contributed by atoms with Crippen LogP contribution in [-0.4, -0.2) is 70.7 Å². The molecule has 12 nitrogen and oxygen atoms in total. The summed E-state index contributed by atoms with van der Waals surface area (Å²) in [7, 11) is -1.60. The van der Waals surface area contributed by atoms with Gasteiger partial charge in [-0.05, 0) is 13.3 Å². The van der Waals surface area contributed by atoms with E-state index in [2.05, 4.69) is 19.5 Å². The highest BCUT2D eigenvalue weighted by Crippen LogP contribution is 2.44. The number of rotatable bonds is 13. The van der Waals surface area contributed by atoms with Crippen LogP contribution in [0.1, 0.15) is 26.5 Å². The summed E-state index contributed by atoms with van der Waals surface area (Å²) in [6, 6.07) is 0. The Morgan fingerprint density at radius 2 is 2.00 bits per heavy atom. The van der Waals surface area contributed by atoms with E-state index in [4.69, 9.17) is 24.5 Å². The van der Waals surface area contributed by atoms with Crippen molar-refractivity contribution in [2.75, 3.05) is 39.8 Å². The molecule has 2 heterocycles. The molecule has 0 aliphatic heterocycles. The lowest BCUT2D eigenvalue weighted by atomic mass is 10.1. The van der Waals surface area contributed by atoms with Crippen molar-refractivity contribution in [2.24, 2.45) is 0 Å². The van der Waals surface area contributed by atoms with Crippen LogP contribution < -0.4 is 5.73 Å². The fraction of sp³-hybridized carbons (Fsp3) is 0.688. The molecule has 29 heavy (non-hydrogen) atoms. The molecule has 2 aromatic rings. The van der Waals surface area contributed by atoms with E-state index < -0.39 is 26.3 Å². The molecule has 2 rings (SSSR count). The minimum atomic E-state index is -4.25. The molecule has 0 radical (unpaired) electrons. The van der Waals surface area contributed by atoms with Crippen molar-refractivity contribution in [1.29, 1.82) is 0 Å². The van der Waals surface area contributed by atoms with Gasteiger partial charge in [-0.25, -0.2) is 19.5 Å². The van der Waals surface area contributed by atoms with E-state index in [0.717, 1.165) is 7.11 Å². The Kier molecular flexibility index (Phi) is 8.90. The lowest BCUT2D eigenvalue weighted by Gasteiger charge is -2.30. The summed E-state index contributed by atoms with van der Waals surface area (Å²) in [4.78, 5) is 22.1. The third kappa shape index (κ3) is 6.41. The number of fused-ring (bicyclic) bond motifs is 1. The molecule has 0 fully saturated rings. The van der Waals surface area contributed by atoms with Crippen LogP contribution in [0.4, 0.5) is 5.82 Å². The predicted molar refractivity (Wildman–Crippen MR) is 104 cm³/mol. The molecule has 3 unspecified atom stereocenters. The highest BCUT2D eigenvalue weighted by atomic mass is 31.2. The molecule has 0 amide bonds. The lowest BCUT2D eigenvalue weighted by molar-refractivity contribution is -0.116. The SMILES string of the molecule is CC[C@H](OC(C)n1cnc2c(N)ncnc21)C(COCCOC)OP(=O)(O)OC. The van der Waals surface area contributed by atoms with Gasteiger partial charge in [-0.2, -0.15) is 0 Å². The molecule has 0 aliphatic rings. The van der Waals surface area contributed by atoms with Gasteiger partial charge in [-0.15, -0.1) is 0 Å². The summed E-state index contributed by atoms with van der Waals surface area (Å²) < 4.78 is 40.0. The number of aromatic nitrogens is 4. The third-order valence-electron chi connectivity index (χ3n) is 4.18. The molecule has 0 saturated heterocycles. The molecule has 4 atom stereocenters. The topological polar surface area (TPSA) is 153 Å². The maximum atomic E-state index is 12.0. The molecule has 0 saturated carbocycles. The number of phosphoric acid groups is 1. The summed E-state index contributed by atoms with van der Waals surface area (Å²) in [6.45, 7) is 4.35. The lowest BCUT2D eigenvalue weighted by Crippen LogP contribution is -2.36. The van der Waals surface area contributed by atoms with E-state index in [1.165, 1.54) is 6.33 Å². The molecule has 0 aliphatic carbocycles. The Bertz CT molecular complexity index is 820. The van der Waals surface area contributed by atoms with Crippen molar-refractivity contribution in [2.45, 2.75) is 38.7 Å². The van der Waals surface area contributed by atoms with Crippen LogP contribution in [0.5, 0.6) is 0 Å². The van der Waals surface area contributed by atoms with E-state index in [0.29, 0.717) is 30.8 Å². The van der Waals surface area contributed by atoms with Crippen LogP contribution in [-0.2, 0) is 27.8 Å². The fourth-order valence-corrected chi connectivity index (χ4v) is 3.29. The maximum Gasteiger partial charge on any atom is 0.472 e. The molecule has 0 spiro atoms. The number of nitrogen functional groups attached to an aromatic ring is 1. The zero-order valence-electron chi connectivity index (χ0n) is 16.9. The minimum Gasteiger partial charge on any atom is -0.382 e. The summed E-state index contributed by atoms with van der Waals surface area (Å²) in [5.41, 5.74) is 6.80. The summed E-state index contributed by atoms with van der Waals surface area (Å²) in [6.07, 6.45) is 1.41. The Morgan fingerprint density at radius 3 is 2.66 bits per heavy atom. The molecule has 3 N–H and O–H groups in total. The van der Waals surface area contributed by atoms with Crippen molar-refractivity contribution in [3.8, 4) is 0 Å². The van der Waals surface area contributed by atoms with Crippen LogP contribution >= 0.6 is 7.82 Å². The summed E-state index contributed by atoms with van der Waals surface area (Å²) in [5.74, 6) is 0.266. The molecular weight excluding hydrogens is 405 g/mol. The number of phosphoric ester groups is 1. The summed E-state index contributed by atoms with van der Waals surface area (Å²) in [5, 5.41) is 0. The van der Waals surface area contributed by atoms with Crippen molar-refractivity contribution in [3.05, 3.63) is 12.7 Å². The first kappa shape index (κ1) is 23.6. The van der Waals surface area contributed by atoms with Gasteiger partial charge in [0, 0.05) is 14.2 Å². The van der Waals surface area contributed by atoms with Crippen LogP contribution in [0.3, 0.4) is 0 Å². The zero-order valence-corrected chi connectivity index (χ0v) is 17.8. The number of methoxy groups -OCH3 is 1. The first-order valence-electron chi connectivity index (χ1n) is 9.05. The van der Waals surface area contributed by atoms with Gasteiger partial charge >= 0.3 is 7.82 Å². The van der Waals surface area contributed by atoms with Crippen molar-refractivity contribution in [3.63, 3.8) is 0 Å². The number of nitrogens with two attached hydrogens (primary N) is 1. The molecule has 2 aromatic heterocycles.